The molecule has 0 aliphatic heterocycles. The maximum atomic E-state index is 6.15. The van der Waals surface area contributed by atoms with Crippen molar-refractivity contribution in [2.24, 2.45) is 11.6 Å². The fourth-order valence-electron chi connectivity index (χ4n) is 2.86. The molecule has 3 nitrogen and oxygen atoms in total. The lowest BCUT2D eigenvalue weighted by atomic mass is 9.90. The van der Waals surface area contributed by atoms with Gasteiger partial charge in [0.1, 0.15) is 0 Å². The lowest BCUT2D eigenvalue weighted by molar-refractivity contribution is 0.574. The van der Waals surface area contributed by atoms with Crippen LogP contribution >= 0.6 is 0 Å². The van der Waals surface area contributed by atoms with E-state index in [1.165, 1.54) is 11.1 Å². The average molecular weight is 303 g/mol. The number of benzene rings is 3. The van der Waals surface area contributed by atoms with Crippen LogP contribution in [0.2, 0.25) is 0 Å². The number of nitrogens with two attached hydrogens (primary N) is 2. The van der Waals surface area contributed by atoms with E-state index in [1.54, 1.807) is 0 Å². The van der Waals surface area contributed by atoms with E-state index in [4.69, 9.17) is 11.6 Å². The van der Waals surface area contributed by atoms with Gasteiger partial charge in [-0.05, 0) is 52.4 Å². The molecule has 1 atom stereocenters. The molecule has 0 spiro atoms. The largest absolute Gasteiger partial charge is 0.311 e. The predicted octanol–water partition coefficient (Wildman–Crippen LogP) is 3.75. The number of rotatable bonds is 4. The smallest absolute Gasteiger partial charge is 0.0938 e. The zero-order valence-corrected chi connectivity index (χ0v) is 13.2. The highest BCUT2D eigenvalue weighted by molar-refractivity contribution is 5.77. The summed E-state index contributed by atoms with van der Waals surface area (Å²) in [5, 5.41) is 0. The third-order valence-electron chi connectivity index (χ3n) is 4.15. The predicted molar refractivity (Wildman–Crippen MR) is 96.3 cm³/mol. The third-order valence-corrected chi connectivity index (χ3v) is 4.15. The minimum atomic E-state index is -0.402. The Balaban J connectivity index is 2.23. The highest BCUT2D eigenvalue weighted by atomic mass is 15.3. The van der Waals surface area contributed by atoms with Gasteiger partial charge in [-0.25, -0.2) is 5.43 Å². The summed E-state index contributed by atoms with van der Waals surface area (Å²) >= 11 is 0. The second-order valence-electron chi connectivity index (χ2n) is 5.61. The second kappa shape index (κ2) is 6.75. The van der Waals surface area contributed by atoms with Gasteiger partial charge in [0.15, 0.2) is 0 Å². The van der Waals surface area contributed by atoms with Crippen molar-refractivity contribution in [1.29, 1.82) is 0 Å². The van der Waals surface area contributed by atoms with Crippen LogP contribution in [-0.4, -0.2) is 0 Å². The molecule has 0 fully saturated rings. The highest BCUT2D eigenvalue weighted by Gasteiger charge is 2.14. The molecule has 3 rings (SSSR count). The Morgan fingerprint density at radius 2 is 1.35 bits per heavy atom. The molecule has 3 heteroatoms. The molecule has 5 N–H and O–H groups in total. The molecule has 3 aromatic carbocycles. The van der Waals surface area contributed by atoms with Crippen LogP contribution in [-0.2, 0) is 0 Å². The first-order chi connectivity index (χ1) is 11.2. The standard InChI is InChI=1S/C20H21N3/c1-14-18(16-10-6-3-7-11-16)12-17(13-19(14)20(21)23-22)15-8-4-2-5-9-15/h2-13,20,23H,21-22H2,1H3. The van der Waals surface area contributed by atoms with Gasteiger partial charge in [-0.1, -0.05) is 60.7 Å². The zero-order valence-electron chi connectivity index (χ0n) is 13.2. The number of hydrazine groups is 1. The Labute approximate surface area is 136 Å². The number of hydrogen-bond acceptors (Lipinski definition) is 3. The summed E-state index contributed by atoms with van der Waals surface area (Å²) in [6, 6.07) is 25.0. The van der Waals surface area contributed by atoms with E-state index in [2.05, 4.69) is 48.7 Å². The Morgan fingerprint density at radius 1 is 0.783 bits per heavy atom. The molecule has 0 amide bonds. The molecule has 23 heavy (non-hydrogen) atoms. The lowest BCUT2D eigenvalue weighted by Crippen LogP contribution is -2.34. The molecule has 0 bridgehead atoms. The summed E-state index contributed by atoms with van der Waals surface area (Å²) in [7, 11) is 0. The zero-order chi connectivity index (χ0) is 16.2. The SMILES string of the molecule is Cc1c(-c2ccccc2)cc(-c2ccccc2)cc1C(N)NN. The number of nitrogens with one attached hydrogen (secondary N) is 1. The van der Waals surface area contributed by atoms with Gasteiger partial charge in [0.2, 0.25) is 0 Å². The first-order valence-electron chi connectivity index (χ1n) is 7.68. The van der Waals surface area contributed by atoms with Crippen molar-refractivity contribution in [2.75, 3.05) is 0 Å². The summed E-state index contributed by atoms with van der Waals surface area (Å²) in [5.74, 6) is 5.58. The lowest BCUT2D eigenvalue weighted by Gasteiger charge is -2.19. The molecule has 116 valence electrons. The van der Waals surface area contributed by atoms with Crippen LogP contribution in [0.3, 0.4) is 0 Å². The molecule has 0 saturated carbocycles. The van der Waals surface area contributed by atoms with Gasteiger partial charge in [0.05, 0.1) is 6.17 Å². The molecule has 0 radical (unpaired) electrons. The van der Waals surface area contributed by atoms with Crippen LogP contribution in [0.1, 0.15) is 17.3 Å². The maximum absolute atomic E-state index is 6.15. The monoisotopic (exact) mass is 303 g/mol. The highest BCUT2D eigenvalue weighted by Crippen LogP contribution is 2.33. The van der Waals surface area contributed by atoms with E-state index in [9.17, 15) is 0 Å². The molecule has 0 aliphatic carbocycles. The van der Waals surface area contributed by atoms with Gasteiger partial charge in [0, 0.05) is 0 Å². The summed E-state index contributed by atoms with van der Waals surface area (Å²) < 4.78 is 0. The molecule has 3 aromatic rings. The average Bonchev–Trinajstić information content (AvgIpc) is 2.62. The van der Waals surface area contributed by atoms with E-state index in [0.29, 0.717) is 0 Å². The van der Waals surface area contributed by atoms with E-state index in [-0.39, 0.29) is 0 Å². The van der Waals surface area contributed by atoms with Crippen LogP contribution in [0.25, 0.3) is 22.3 Å². The van der Waals surface area contributed by atoms with Crippen LogP contribution < -0.4 is 17.0 Å². The van der Waals surface area contributed by atoms with Crippen molar-refractivity contribution in [2.45, 2.75) is 13.1 Å². The van der Waals surface area contributed by atoms with E-state index in [1.807, 2.05) is 36.4 Å². The summed E-state index contributed by atoms with van der Waals surface area (Å²) in [6.45, 7) is 2.09. The number of hydrogen-bond donors (Lipinski definition) is 3. The molecule has 0 heterocycles. The molecule has 0 aromatic heterocycles. The summed E-state index contributed by atoms with van der Waals surface area (Å²) in [6.07, 6.45) is -0.402. The topological polar surface area (TPSA) is 64.1 Å². The van der Waals surface area contributed by atoms with Crippen LogP contribution in [0.5, 0.6) is 0 Å². The van der Waals surface area contributed by atoms with Gasteiger partial charge in [0.25, 0.3) is 0 Å². The van der Waals surface area contributed by atoms with Crippen LogP contribution in [0.15, 0.2) is 72.8 Å². The van der Waals surface area contributed by atoms with Crippen LogP contribution in [0, 0.1) is 6.92 Å². The van der Waals surface area contributed by atoms with Crippen LogP contribution in [0.4, 0.5) is 0 Å². The van der Waals surface area contributed by atoms with Gasteiger partial charge >= 0.3 is 0 Å². The van der Waals surface area contributed by atoms with Gasteiger partial charge in [-0.15, -0.1) is 0 Å². The Hall–Kier alpha value is -2.46. The minimum Gasteiger partial charge on any atom is -0.311 e. The van der Waals surface area contributed by atoms with E-state index < -0.39 is 6.17 Å². The van der Waals surface area contributed by atoms with Crippen molar-refractivity contribution in [3.05, 3.63) is 83.9 Å². The maximum Gasteiger partial charge on any atom is 0.0938 e. The quantitative estimate of drug-likeness (QED) is 0.391. The Kier molecular flexibility index (Phi) is 4.53. The van der Waals surface area contributed by atoms with Crippen molar-refractivity contribution < 1.29 is 0 Å². The fraction of sp³-hybridized carbons (Fsp3) is 0.100. The molecule has 0 aliphatic rings. The van der Waals surface area contributed by atoms with Crippen molar-refractivity contribution >= 4 is 0 Å². The van der Waals surface area contributed by atoms with E-state index in [0.717, 1.165) is 22.3 Å². The van der Waals surface area contributed by atoms with Gasteiger partial charge in [-0.2, -0.15) is 0 Å². The minimum absolute atomic E-state index is 0.402. The Morgan fingerprint density at radius 3 is 1.91 bits per heavy atom. The first kappa shape index (κ1) is 15.4. The van der Waals surface area contributed by atoms with Crippen molar-refractivity contribution in [1.82, 2.24) is 5.43 Å². The van der Waals surface area contributed by atoms with Crippen molar-refractivity contribution in [3.63, 3.8) is 0 Å². The second-order valence-corrected chi connectivity index (χ2v) is 5.61. The summed E-state index contributed by atoms with van der Waals surface area (Å²) in [5.41, 5.74) is 15.6. The summed E-state index contributed by atoms with van der Waals surface area (Å²) in [4.78, 5) is 0. The fourth-order valence-corrected chi connectivity index (χ4v) is 2.86. The van der Waals surface area contributed by atoms with E-state index >= 15 is 0 Å². The molecule has 1 unspecified atom stereocenters. The first-order valence-corrected chi connectivity index (χ1v) is 7.68. The molecule has 0 saturated heterocycles. The van der Waals surface area contributed by atoms with Crippen molar-refractivity contribution in [3.8, 4) is 22.3 Å². The van der Waals surface area contributed by atoms with Gasteiger partial charge in [-0.3, -0.25) is 5.84 Å². The molecular weight excluding hydrogens is 282 g/mol. The molecular formula is C20H21N3. The third kappa shape index (κ3) is 3.17. The normalized spacial score (nSPS) is 12.1. The van der Waals surface area contributed by atoms with Gasteiger partial charge < -0.3 is 5.73 Å². The Bertz CT molecular complexity index is 783.